The molecule has 1 aliphatic rings. The lowest BCUT2D eigenvalue weighted by Crippen LogP contribution is -2.43. The molecule has 82 valence electrons. The van der Waals surface area contributed by atoms with Crippen LogP contribution in [-0.2, 0) is 12.0 Å². The van der Waals surface area contributed by atoms with Gasteiger partial charge in [0.1, 0.15) is 0 Å². The molecule has 0 N–H and O–H groups in total. The lowest BCUT2D eigenvalue weighted by Gasteiger charge is -2.44. The number of nitrogens with zero attached hydrogens (tertiary/aromatic N) is 1. The SMILES string of the molecule is CCC1(N(C)C)CCCc2ccccc21. The second kappa shape index (κ2) is 3.97. The van der Waals surface area contributed by atoms with Gasteiger partial charge in [-0.05, 0) is 50.9 Å². The van der Waals surface area contributed by atoms with Crippen LogP contribution in [0.25, 0.3) is 0 Å². The van der Waals surface area contributed by atoms with Gasteiger partial charge in [0.05, 0.1) is 0 Å². The summed E-state index contributed by atoms with van der Waals surface area (Å²) in [5.74, 6) is 0. The quantitative estimate of drug-likeness (QED) is 0.713. The van der Waals surface area contributed by atoms with Crippen LogP contribution in [0.4, 0.5) is 0 Å². The largest absolute Gasteiger partial charge is 0.300 e. The Hall–Kier alpha value is -0.820. The molecule has 1 aromatic carbocycles. The van der Waals surface area contributed by atoms with Crippen molar-refractivity contribution >= 4 is 0 Å². The molecule has 0 fully saturated rings. The minimum Gasteiger partial charge on any atom is -0.300 e. The molecule has 15 heavy (non-hydrogen) atoms. The van der Waals surface area contributed by atoms with Gasteiger partial charge in [-0.25, -0.2) is 0 Å². The maximum absolute atomic E-state index is 2.41. The number of benzene rings is 1. The Morgan fingerprint density at radius 2 is 2.00 bits per heavy atom. The van der Waals surface area contributed by atoms with Gasteiger partial charge >= 0.3 is 0 Å². The van der Waals surface area contributed by atoms with E-state index in [9.17, 15) is 0 Å². The summed E-state index contributed by atoms with van der Waals surface area (Å²) in [6, 6.07) is 8.96. The Morgan fingerprint density at radius 1 is 1.27 bits per heavy atom. The highest BCUT2D eigenvalue weighted by Gasteiger charge is 2.36. The highest BCUT2D eigenvalue weighted by Crippen LogP contribution is 2.41. The van der Waals surface area contributed by atoms with Gasteiger partial charge in [-0.2, -0.15) is 0 Å². The molecule has 1 heteroatoms. The van der Waals surface area contributed by atoms with Crippen LogP contribution in [0, 0.1) is 0 Å². The molecule has 0 heterocycles. The minimum absolute atomic E-state index is 0.287. The van der Waals surface area contributed by atoms with E-state index in [4.69, 9.17) is 0 Å². The predicted molar refractivity (Wildman–Crippen MR) is 65.0 cm³/mol. The van der Waals surface area contributed by atoms with Crippen molar-refractivity contribution in [1.29, 1.82) is 0 Å². The smallest absolute Gasteiger partial charge is 0.0455 e. The number of hydrogen-bond acceptors (Lipinski definition) is 1. The van der Waals surface area contributed by atoms with E-state index in [-0.39, 0.29) is 5.54 Å². The van der Waals surface area contributed by atoms with E-state index < -0.39 is 0 Å². The molecule has 0 saturated carbocycles. The second-order valence-corrected chi connectivity index (χ2v) is 4.79. The Kier molecular flexibility index (Phi) is 2.83. The van der Waals surface area contributed by atoms with Crippen molar-refractivity contribution in [3.63, 3.8) is 0 Å². The predicted octanol–water partition coefficient (Wildman–Crippen LogP) is 3.19. The van der Waals surface area contributed by atoms with Gasteiger partial charge in [0.15, 0.2) is 0 Å². The molecule has 0 saturated heterocycles. The summed E-state index contributed by atoms with van der Waals surface area (Å²) in [5, 5.41) is 0. The van der Waals surface area contributed by atoms with Crippen molar-refractivity contribution in [3.8, 4) is 0 Å². The monoisotopic (exact) mass is 203 g/mol. The third kappa shape index (κ3) is 1.59. The number of rotatable bonds is 2. The van der Waals surface area contributed by atoms with Gasteiger partial charge in [-0.15, -0.1) is 0 Å². The van der Waals surface area contributed by atoms with E-state index in [2.05, 4.69) is 50.2 Å². The maximum atomic E-state index is 2.41. The molecule has 1 nitrogen and oxygen atoms in total. The Bertz CT molecular complexity index is 343. The van der Waals surface area contributed by atoms with Crippen LogP contribution in [0.3, 0.4) is 0 Å². The van der Waals surface area contributed by atoms with Crippen molar-refractivity contribution in [2.24, 2.45) is 0 Å². The summed E-state index contributed by atoms with van der Waals surface area (Å²) in [6.45, 7) is 2.31. The average Bonchev–Trinajstić information content (AvgIpc) is 2.28. The van der Waals surface area contributed by atoms with Crippen LogP contribution in [-0.4, -0.2) is 19.0 Å². The first kappa shape index (κ1) is 10.7. The van der Waals surface area contributed by atoms with E-state index in [0.29, 0.717) is 0 Å². The third-order valence-electron chi connectivity index (χ3n) is 4.00. The fourth-order valence-corrected chi connectivity index (χ4v) is 3.05. The maximum Gasteiger partial charge on any atom is 0.0455 e. The lowest BCUT2D eigenvalue weighted by molar-refractivity contribution is 0.120. The normalized spacial score (nSPS) is 25.3. The molecule has 1 unspecified atom stereocenters. The van der Waals surface area contributed by atoms with Gasteiger partial charge in [0, 0.05) is 5.54 Å². The minimum atomic E-state index is 0.287. The third-order valence-corrected chi connectivity index (χ3v) is 4.00. The Labute approximate surface area is 93.1 Å². The second-order valence-electron chi connectivity index (χ2n) is 4.79. The summed E-state index contributed by atoms with van der Waals surface area (Å²) in [5.41, 5.74) is 3.40. The van der Waals surface area contributed by atoms with E-state index in [1.807, 2.05) is 0 Å². The molecule has 0 bridgehead atoms. The summed E-state index contributed by atoms with van der Waals surface area (Å²) in [7, 11) is 4.43. The van der Waals surface area contributed by atoms with Crippen LogP contribution in [0.5, 0.6) is 0 Å². The van der Waals surface area contributed by atoms with E-state index in [0.717, 1.165) is 0 Å². The Balaban J connectivity index is 2.52. The van der Waals surface area contributed by atoms with Gasteiger partial charge < -0.3 is 0 Å². The summed E-state index contributed by atoms with van der Waals surface area (Å²) >= 11 is 0. The van der Waals surface area contributed by atoms with Crippen molar-refractivity contribution in [1.82, 2.24) is 4.90 Å². The van der Waals surface area contributed by atoms with Crippen LogP contribution in [0.1, 0.15) is 37.3 Å². The highest BCUT2D eigenvalue weighted by molar-refractivity contribution is 5.36. The van der Waals surface area contributed by atoms with Crippen molar-refractivity contribution in [3.05, 3.63) is 35.4 Å². The van der Waals surface area contributed by atoms with E-state index in [1.165, 1.54) is 25.7 Å². The standard InChI is InChI=1S/C14H21N/c1-4-14(15(2)3)11-7-9-12-8-5-6-10-13(12)14/h5-6,8,10H,4,7,9,11H2,1-3H3. The zero-order valence-corrected chi connectivity index (χ0v) is 10.1. The van der Waals surface area contributed by atoms with Crippen LogP contribution in [0.2, 0.25) is 0 Å². The van der Waals surface area contributed by atoms with Crippen molar-refractivity contribution in [2.45, 2.75) is 38.1 Å². The van der Waals surface area contributed by atoms with Crippen LogP contribution in [0.15, 0.2) is 24.3 Å². The molecule has 0 spiro atoms. The van der Waals surface area contributed by atoms with Crippen molar-refractivity contribution in [2.75, 3.05) is 14.1 Å². The first-order chi connectivity index (χ1) is 7.20. The number of aryl methyl sites for hydroxylation is 1. The van der Waals surface area contributed by atoms with Crippen LogP contribution >= 0.6 is 0 Å². The van der Waals surface area contributed by atoms with Crippen molar-refractivity contribution < 1.29 is 0 Å². The summed E-state index contributed by atoms with van der Waals surface area (Å²) < 4.78 is 0. The summed E-state index contributed by atoms with van der Waals surface area (Å²) in [4.78, 5) is 2.41. The van der Waals surface area contributed by atoms with Gasteiger partial charge in [0.2, 0.25) is 0 Å². The fraction of sp³-hybridized carbons (Fsp3) is 0.571. The topological polar surface area (TPSA) is 3.24 Å². The molecule has 0 aliphatic heterocycles. The summed E-state index contributed by atoms with van der Waals surface area (Å²) in [6.07, 6.45) is 5.08. The zero-order valence-electron chi connectivity index (χ0n) is 10.1. The van der Waals surface area contributed by atoms with Crippen LogP contribution < -0.4 is 0 Å². The van der Waals surface area contributed by atoms with Gasteiger partial charge in [-0.3, -0.25) is 4.90 Å². The molecular formula is C14H21N. The molecule has 0 radical (unpaired) electrons. The average molecular weight is 203 g/mol. The number of hydrogen-bond donors (Lipinski definition) is 0. The molecule has 1 aliphatic carbocycles. The molecular weight excluding hydrogens is 182 g/mol. The van der Waals surface area contributed by atoms with Gasteiger partial charge in [0.25, 0.3) is 0 Å². The van der Waals surface area contributed by atoms with E-state index in [1.54, 1.807) is 11.1 Å². The number of fused-ring (bicyclic) bond motifs is 1. The molecule has 1 atom stereocenters. The molecule has 0 aromatic heterocycles. The Morgan fingerprint density at radius 3 is 2.67 bits per heavy atom. The van der Waals surface area contributed by atoms with Gasteiger partial charge in [-0.1, -0.05) is 31.2 Å². The molecule has 1 aromatic rings. The zero-order chi connectivity index (χ0) is 10.9. The highest BCUT2D eigenvalue weighted by atomic mass is 15.1. The lowest BCUT2D eigenvalue weighted by atomic mass is 9.74. The first-order valence-corrected chi connectivity index (χ1v) is 5.96. The van der Waals surface area contributed by atoms with E-state index >= 15 is 0 Å². The molecule has 2 rings (SSSR count). The first-order valence-electron chi connectivity index (χ1n) is 5.96. The molecule has 0 amide bonds. The fourth-order valence-electron chi connectivity index (χ4n) is 3.05.